The summed E-state index contributed by atoms with van der Waals surface area (Å²) >= 11 is 6.24. The molecule has 0 aliphatic heterocycles. The summed E-state index contributed by atoms with van der Waals surface area (Å²) in [6, 6.07) is 0. The van der Waals surface area contributed by atoms with Crippen LogP contribution in [-0.2, 0) is 0 Å². The van der Waals surface area contributed by atoms with Crippen molar-refractivity contribution in [2.24, 2.45) is 29.2 Å². The van der Waals surface area contributed by atoms with E-state index in [4.69, 9.17) is 11.5 Å². The zero-order valence-corrected chi connectivity index (χ0v) is 22.5. The lowest BCUT2D eigenvalue weighted by Gasteiger charge is -2.32. The number of unbranched alkanes of at least 4 members (excludes halogenated alkanes) is 2. The molecule has 0 saturated heterocycles. The van der Waals surface area contributed by atoms with Gasteiger partial charge in [0, 0.05) is 29.6 Å². The van der Waals surface area contributed by atoms with Crippen LogP contribution in [0.3, 0.4) is 0 Å². The summed E-state index contributed by atoms with van der Waals surface area (Å²) < 4.78 is 0. The molecule has 0 bridgehead atoms. The van der Waals surface area contributed by atoms with Gasteiger partial charge in [-0.3, -0.25) is 21.5 Å². The standard InChI is InChI=1S/C16H32N4S2.C6H12.2ClH/c1-13-7-8-14(13)22-12-10-20-16(18)6-4-2-3-5-15(17)19-9-11-21;1-5-3-4-6(5)2;;/h13-14,21H,2-12H2,1H3,(H2,17,19)(H2,18,20);5-6H,3-4H2,1-2H3;2*1H. The van der Waals surface area contributed by atoms with Crippen molar-refractivity contribution in [2.45, 2.75) is 83.8 Å². The summed E-state index contributed by atoms with van der Waals surface area (Å²) in [4.78, 5) is 6.51. The third-order valence-electron chi connectivity index (χ3n) is 6.23. The molecule has 2 saturated carbocycles. The molecule has 180 valence electrons. The van der Waals surface area contributed by atoms with E-state index in [0.29, 0.717) is 0 Å². The van der Waals surface area contributed by atoms with Crippen LogP contribution in [0.15, 0.2) is 0 Å². The van der Waals surface area contributed by atoms with E-state index in [1.54, 1.807) is 0 Å². The topological polar surface area (TPSA) is 80.0 Å². The number of nitrogens with two attached hydrogens (primary N) is 2. The van der Waals surface area contributed by atoms with Gasteiger partial charge in [-0.25, -0.2) is 0 Å². The first-order valence-electron chi connectivity index (χ1n) is 11.4. The molecule has 4 nitrogen and oxygen atoms in total. The number of hydrogen-bond donors (Lipinski definition) is 5. The minimum absolute atomic E-state index is 0. The molecule has 0 aromatic carbocycles. The molecular formula is C22H46Cl2N4S2. The van der Waals surface area contributed by atoms with E-state index < -0.39 is 0 Å². The van der Waals surface area contributed by atoms with Crippen LogP contribution in [0.2, 0.25) is 0 Å². The van der Waals surface area contributed by atoms with Gasteiger partial charge in [-0.1, -0.05) is 40.0 Å². The van der Waals surface area contributed by atoms with Gasteiger partial charge in [0.25, 0.3) is 0 Å². The first kappa shape index (κ1) is 32.4. The number of thiol groups is 1. The summed E-state index contributed by atoms with van der Waals surface area (Å²) in [6.07, 6.45) is 11.1. The van der Waals surface area contributed by atoms with Crippen LogP contribution in [-0.4, -0.2) is 41.5 Å². The van der Waals surface area contributed by atoms with Gasteiger partial charge < -0.3 is 24.8 Å². The lowest BCUT2D eigenvalue weighted by atomic mass is 9.77. The molecule has 0 amide bonds. The van der Waals surface area contributed by atoms with E-state index in [-0.39, 0.29) is 24.8 Å². The van der Waals surface area contributed by atoms with Gasteiger partial charge in [0.2, 0.25) is 11.7 Å². The molecule has 2 aliphatic carbocycles. The SMILES string of the molecule is CC1CCC1C.CC1CCC1SCC[NH+]=C(N)CCCCCC(N)=[NH+]CCS.[Cl-].[Cl-]. The van der Waals surface area contributed by atoms with Crippen molar-refractivity contribution in [2.75, 3.05) is 24.6 Å². The Labute approximate surface area is 207 Å². The molecule has 2 fully saturated rings. The predicted octanol–water partition coefficient (Wildman–Crippen LogP) is -4.67. The molecule has 2 aliphatic rings. The zero-order chi connectivity index (χ0) is 20.8. The summed E-state index contributed by atoms with van der Waals surface area (Å²) in [5.74, 6) is 6.78. The monoisotopic (exact) mass is 500 g/mol. The van der Waals surface area contributed by atoms with Crippen LogP contribution in [0.4, 0.5) is 0 Å². The highest BCUT2D eigenvalue weighted by atomic mass is 35.5. The van der Waals surface area contributed by atoms with Gasteiger partial charge in [-0.2, -0.15) is 24.4 Å². The van der Waals surface area contributed by atoms with Gasteiger partial charge in [-0.15, -0.1) is 0 Å². The van der Waals surface area contributed by atoms with E-state index in [9.17, 15) is 0 Å². The molecule has 6 N–H and O–H groups in total. The first-order valence-corrected chi connectivity index (χ1v) is 13.0. The van der Waals surface area contributed by atoms with Crippen molar-refractivity contribution in [1.29, 1.82) is 0 Å². The van der Waals surface area contributed by atoms with Crippen molar-refractivity contribution in [1.82, 2.24) is 0 Å². The summed E-state index contributed by atoms with van der Waals surface area (Å²) in [7, 11) is 0. The quantitative estimate of drug-likeness (QED) is 0.0808. The van der Waals surface area contributed by atoms with E-state index in [2.05, 4.69) is 55.1 Å². The molecule has 0 heterocycles. The smallest absolute Gasteiger partial charge is 0.240 e. The maximum atomic E-state index is 6.02. The van der Waals surface area contributed by atoms with Gasteiger partial charge in [0.15, 0.2) is 0 Å². The average Bonchev–Trinajstić information content (AvgIpc) is 2.69. The highest BCUT2D eigenvalue weighted by Gasteiger charge is 2.26. The van der Waals surface area contributed by atoms with Gasteiger partial charge in [0.1, 0.15) is 0 Å². The minimum atomic E-state index is 0. The Morgan fingerprint density at radius 3 is 1.67 bits per heavy atom. The summed E-state index contributed by atoms with van der Waals surface area (Å²) in [6.45, 7) is 8.85. The van der Waals surface area contributed by atoms with Crippen LogP contribution < -0.4 is 46.3 Å². The Morgan fingerprint density at radius 1 is 0.800 bits per heavy atom. The molecule has 0 spiro atoms. The number of amidine groups is 2. The number of rotatable bonds is 12. The second-order valence-corrected chi connectivity index (χ2v) is 10.5. The fraction of sp³-hybridized carbons (Fsp3) is 0.909. The molecule has 0 radical (unpaired) electrons. The number of halogens is 2. The molecule has 4 atom stereocenters. The zero-order valence-electron chi connectivity index (χ0n) is 19.3. The third-order valence-corrected chi connectivity index (χ3v) is 8.02. The van der Waals surface area contributed by atoms with Crippen molar-refractivity contribution in [3.8, 4) is 0 Å². The highest BCUT2D eigenvalue weighted by molar-refractivity contribution is 8.00. The molecule has 8 heteroatoms. The van der Waals surface area contributed by atoms with Gasteiger partial charge in [-0.05, 0) is 43.4 Å². The van der Waals surface area contributed by atoms with Crippen molar-refractivity contribution in [3.05, 3.63) is 0 Å². The first-order chi connectivity index (χ1) is 13.4. The molecule has 2 rings (SSSR count). The predicted molar refractivity (Wildman–Crippen MR) is 129 cm³/mol. The Balaban J connectivity index is 0. The number of thioether (sulfide) groups is 1. The summed E-state index contributed by atoms with van der Waals surface area (Å²) in [5.41, 5.74) is 11.9. The van der Waals surface area contributed by atoms with E-state index >= 15 is 0 Å². The molecule has 30 heavy (non-hydrogen) atoms. The van der Waals surface area contributed by atoms with Crippen molar-refractivity contribution >= 4 is 36.1 Å². The van der Waals surface area contributed by atoms with Gasteiger partial charge in [0.05, 0.1) is 13.1 Å². The van der Waals surface area contributed by atoms with Crippen LogP contribution in [0.5, 0.6) is 0 Å². The van der Waals surface area contributed by atoms with E-state index in [1.165, 1.54) is 32.1 Å². The lowest BCUT2D eigenvalue weighted by Crippen LogP contribution is -3.00. The van der Waals surface area contributed by atoms with E-state index in [1.807, 2.05) is 0 Å². The second-order valence-electron chi connectivity index (χ2n) is 8.68. The van der Waals surface area contributed by atoms with Crippen LogP contribution in [0, 0.1) is 17.8 Å². The summed E-state index contributed by atoms with van der Waals surface area (Å²) in [5, 5.41) is 0.890. The van der Waals surface area contributed by atoms with Crippen molar-refractivity contribution in [3.63, 3.8) is 0 Å². The fourth-order valence-corrected chi connectivity index (χ4v) is 4.74. The van der Waals surface area contributed by atoms with E-state index in [0.717, 1.165) is 85.0 Å². The Morgan fingerprint density at radius 2 is 1.30 bits per heavy atom. The second kappa shape index (κ2) is 19.9. The maximum Gasteiger partial charge on any atom is 0.240 e. The fourth-order valence-electron chi connectivity index (χ4n) is 3.34. The normalized spacial score (nSPS) is 25.6. The molecule has 4 unspecified atom stereocenters. The number of hydrogen-bond acceptors (Lipinski definition) is 2. The van der Waals surface area contributed by atoms with Crippen molar-refractivity contribution < 1.29 is 34.8 Å². The number of nitrogens with one attached hydrogen (secondary N) is 2. The maximum absolute atomic E-state index is 6.02. The molecular weight excluding hydrogens is 455 g/mol. The van der Waals surface area contributed by atoms with Crippen LogP contribution >= 0.6 is 24.4 Å². The molecule has 0 aromatic heterocycles. The lowest BCUT2D eigenvalue weighted by molar-refractivity contribution is -0.453. The molecule has 0 aromatic rings. The average molecular weight is 502 g/mol. The Bertz CT molecular complexity index is 470. The largest absolute Gasteiger partial charge is 1.00 e. The highest BCUT2D eigenvalue weighted by Crippen LogP contribution is 2.36. The van der Waals surface area contributed by atoms with Crippen LogP contribution in [0.1, 0.15) is 78.6 Å². The Hall–Kier alpha value is 0.220. The third kappa shape index (κ3) is 15.1. The minimum Gasteiger partial charge on any atom is -1.00 e. The van der Waals surface area contributed by atoms with Crippen LogP contribution in [0.25, 0.3) is 0 Å². The Kier molecular flexibility index (Phi) is 21.5. The van der Waals surface area contributed by atoms with Gasteiger partial charge >= 0.3 is 0 Å².